The van der Waals surface area contributed by atoms with E-state index in [4.69, 9.17) is 4.74 Å². The molecule has 0 spiro atoms. The third-order valence-corrected chi connectivity index (χ3v) is 2.90. The van der Waals surface area contributed by atoms with Crippen LogP contribution in [0.15, 0.2) is 24.3 Å². The van der Waals surface area contributed by atoms with Crippen LogP contribution in [0.4, 0.5) is 5.69 Å². The van der Waals surface area contributed by atoms with Crippen LogP contribution in [0.3, 0.4) is 0 Å². The summed E-state index contributed by atoms with van der Waals surface area (Å²) >= 11 is 0. The van der Waals surface area contributed by atoms with Crippen molar-refractivity contribution in [2.75, 3.05) is 25.6 Å². The molecule has 4 nitrogen and oxygen atoms in total. The van der Waals surface area contributed by atoms with Crippen molar-refractivity contribution in [3.8, 4) is 5.75 Å². The number of amides is 1. The Morgan fingerprint density at radius 2 is 2.00 bits per heavy atom. The number of likely N-dealkylation sites (N-methyl/N-ethyl adjacent to an activating group) is 2. The lowest BCUT2D eigenvalue weighted by Gasteiger charge is -2.30. The zero-order valence-corrected chi connectivity index (χ0v) is 11.8. The molecule has 0 unspecified atom stereocenters. The first-order valence-corrected chi connectivity index (χ1v) is 6.10. The Balaban J connectivity index is 2.99. The number of hydrogen-bond acceptors (Lipinski definition) is 3. The van der Waals surface area contributed by atoms with Crippen LogP contribution in [-0.2, 0) is 4.79 Å². The average Bonchev–Trinajstić information content (AvgIpc) is 2.36. The number of nitrogens with one attached hydrogen (secondary N) is 1. The van der Waals surface area contributed by atoms with E-state index in [9.17, 15) is 4.79 Å². The predicted octanol–water partition coefficient (Wildman–Crippen LogP) is 2.05. The fourth-order valence-corrected chi connectivity index (χ4v) is 1.95. The van der Waals surface area contributed by atoms with Gasteiger partial charge >= 0.3 is 0 Å². The van der Waals surface area contributed by atoms with Crippen LogP contribution in [0, 0.1) is 0 Å². The Hall–Kier alpha value is -1.55. The van der Waals surface area contributed by atoms with Gasteiger partial charge in [-0.05, 0) is 32.5 Å². The molecule has 0 saturated carbocycles. The molecule has 0 fully saturated rings. The number of rotatable bonds is 5. The Kier molecular flexibility index (Phi) is 4.73. The molecular formula is C14H22N2O2. The van der Waals surface area contributed by atoms with Gasteiger partial charge in [0, 0.05) is 7.05 Å². The first-order chi connectivity index (χ1) is 8.44. The molecule has 1 aromatic carbocycles. The number of carbonyl (C=O) groups excluding carboxylic acids is 1. The second-order valence-electron chi connectivity index (χ2n) is 4.69. The molecule has 0 heterocycles. The van der Waals surface area contributed by atoms with Crippen LogP contribution in [0.2, 0.25) is 0 Å². The number of hydrogen-bond donors (Lipinski definition) is 1. The molecular weight excluding hydrogens is 228 g/mol. The molecule has 0 aliphatic heterocycles. The SMILES string of the molecule is CCNC(C)(C)C(=O)N(C)c1ccccc1OC. The van der Waals surface area contributed by atoms with Gasteiger partial charge in [0.05, 0.1) is 18.3 Å². The number of anilines is 1. The van der Waals surface area contributed by atoms with E-state index < -0.39 is 5.54 Å². The lowest BCUT2D eigenvalue weighted by atomic mass is 10.0. The number of carbonyl (C=O) groups is 1. The van der Waals surface area contributed by atoms with E-state index in [0.29, 0.717) is 5.75 Å². The average molecular weight is 250 g/mol. The molecule has 0 bridgehead atoms. The summed E-state index contributed by atoms with van der Waals surface area (Å²) in [5, 5.41) is 3.18. The van der Waals surface area contributed by atoms with E-state index in [1.807, 2.05) is 45.0 Å². The van der Waals surface area contributed by atoms with Gasteiger partial charge in [0.15, 0.2) is 0 Å². The lowest BCUT2D eigenvalue weighted by molar-refractivity contribution is -0.123. The maximum Gasteiger partial charge on any atom is 0.246 e. The molecule has 0 saturated heterocycles. The van der Waals surface area contributed by atoms with Crippen LogP contribution in [-0.4, -0.2) is 32.1 Å². The number of nitrogens with zero attached hydrogens (tertiary/aromatic N) is 1. The molecule has 100 valence electrons. The highest BCUT2D eigenvalue weighted by atomic mass is 16.5. The highest BCUT2D eigenvalue weighted by Gasteiger charge is 2.30. The molecule has 1 N–H and O–H groups in total. The third-order valence-electron chi connectivity index (χ3n) is 2.90. The minimum atomic E-state index is -0.593. The topological polar surface area (TPSA) is 41.6 Å². The van der Waals surface area contributed by atoms with Crippen LogP contribution in [0.5, 0.6) is 5.75 Å². The number of benzene rings is 1. The van der Waals surface area contributed by atoms with Gasteiger partial charge in [0.1, 0.15) is 5.75 Å². The van der Waals surface area contributed by atoms with Crippen molar-refractivity contribution in [3.63, 3.8) is 0 Å². The Bertz CT molecular complexity index is 416. The van der Waals surface area contributed by atoms with Crippen LogP contribution in [0.1, 0.15) is 20.8 Å². The summed E-state index contributed by atoms with van der Waals surface area (Å²) in [5.74, 6) is 0.703. The molecule has 0 aliphatic rings. The lowest BCUT2D eigenvalue weighted by Crippen LogP contribution is -2.53. The maximum atomic E-state index is 12.4. The first-order valence-electron chi connectivity index (χ1n) is 6.10. The fraction of sp³-hybridized carbons (Fsp3) is 0.500. The van der Waals surface area contributed by atoms with E-state index in [2.05, 4.69) is 5.32 Å². The summed E-state index contributed by atoms with van der Waals surface area (Å²) < 4.78 is 5.27. The zero-order valence-electron chi connectivity index (χ0n) is 11.8. The van der Waals surface area contributed by atoms with E-state index in [1.165, 1.54) is 0 Å². The standard InChI is InChI=1S/C14H22N2O2/c1-6-15-14(2,3)13(17)16(4)11-9-7-8-10-12(11)18-5/h7-10,15H,6H2,1-5H3. The summed E-state index contributed by atoms with van der Waals surface area (Å²) in [4.78, 5) is 14.1. The van der Waals surface area contributed by atoms with Crippen LogP contribution in [0.25, 0.3) is 0 Å². The molecule has 0 aliphatic carbocycles. The highest BCUT2D eigenvalue weighted by Crippen LogP contribution is 2.28. The fourth-order valence-electron chi connectivity index (χ4n) is 1.95. The molecule has 4 heteroatoms. The van der Waals surface area contributed by atoms with Crippen molar-refractivity contribution >= 4 is 11.6 Å². The minimum Gasteiger partial charge on any atom is -0.495 e. The van der Waals surface area contributed by atoms with Gasteiger partial charge in [-0.2, -0.15) is 0 Å². The van der Waals surface area contributed by atoms with Crippen LogP contribution < -0.4 is 15.0 Å². The summed E-state index contributed by atoms with van der Waals surface area (Å²) in [5.41, 5.74) is 0.181. The summed E-state index contributed by atoms with van der Waals surface area (Å²) in [6.45, 7) is 6.49. The predicted molar refractivity (Wildman–Crippen MR) is 74.2 cm³/mol. The van der Waals surface area contributed by atoms with Crippen molar-refractivity contribution in [2.24, 2.45) is 0 Å². The third kappa shape index (κ3) is 3.01. The van der Waals surface area contributed by atoms with Gasteiger partial charge in [-0.25, -0.2) is 0 Å². The van der Waals surface area contributed by atoms with E-state index in [1.54, 1.807) is 19.1 Å². The minimum absolute atomic E-state index is 0.00819. The van der Waals surface area contributed by atoms with Gasteiger partial charge in [-0.15, -0.1) is 0 Å². The molecule has 1 rings (SSSR count). The zero-order chi connectivity index (χ0) is 13.8. The van der Waals surface area contributed by atoms with E-state index >= 15 is 0 Å². The Labute approximate surface area is 109 Å². The van der Waals surface area contributed by atoms with Crippen molar-refractivity contribution in [2.45, 2.75) is 26.3 Å². The van der Waals surface area contributed by atoms with E-state index in [0.717, 1.165) is 12.2 Å². The van der Waals surface area contributed by atoms with Gasteiger partial charge in [-0.1, -0.05) is 19.1 Å². The summed E-state index contributed by atoms with van der Waals surface area (Å²) in [6.07, 6.45) is 0. The summed E-state index contributed by atoms with van der Waals surface area (Å²) in [6, 6.07) is 7.50. The molecule has 1 amide bonds. The molecule has 0 aromatic heterocycles. The smallest absolute Gasteiger partial charge is 0.246 e. The number of methoxy groups -OCH3 is 1. The van der Waals surface area contributed by atoms with Crippen molar-refractivity contribution in [1.82, 2.24) is 5.32 Å². The maximum absolute atomic E-state index is 12.4. The molecule has 1 aromatic rings. The summed E-state index contributed by atoms with van der Waals surface area (Å²) in [7, 11) is 3.37. The largest absolute Gasteiger partial charge is 0.495 e. The van der Waals surface area contributed by atoms with Gasteiger partial charge in [0.2, 0.25) is 5.91 Å². The highest BCUT2D eigenvalue weighted by molar-refractivity contribution is 6.00. The monoisotopic (exact) mass is 250 g/mol. The second kappa shape index (κ2) is 5.87. The van der Waals surface area contributed by atoms with E-state index in [-0.39, 0.29) is 5.91 Å². The Morgan fingerprint density at radius 1 is 1.39 bits per heavy atom. The Morgan fingerprint density at radius 3 is 2.56 bits per heavy atom. The van der Waals surface area contributed by atoms with Gasteiger partial charge < -0.3 is 15.0 Å². The number of ether oxygens (including phenoxy) is 1. The number of para-hydroxylation sites is 2. The van der Waals surface area contributed by atoms with Gasteiger partial charge in [-0.3, -0.25) is 4.79 Å². The second-order valence-corrected chi connectivity index (χ2v) is 4.69. The normalized spacial score (nSPS) is 11.2. The van der Waals surface area contributed by atoms with Gasteiger partial charge in [0.25, 0.3) is 0 Å². The van der Waals surface area contributed by atoms with Crippen LogP contribution >= 0.6 is 0 Å². The molecule has 0 radical (unpaired) electrons. The quantitative estimate of drug-likeness (QED) is 0.869. The molecule has 18 heavy (non-hydrogen) atoms. The molecule has 0 atom stereocenters. The van der Waals surface area contributed by atoms with Crippen molar-refractivity contribution < 1.29 is 9.53 Å². The van der Waals surface area contributed by atoms with Crippen molar-refractivity contribution in [3.05, 3.63) is 24.3 Å². The van der Waals surface area contributed by atoms with Crippen molar-refractivity contribution in [1.29, 1.82) is 0 Å². The first kappa shape index (κ1) is 14.5.